The third kappa shape index (κ3) is 5.31. The van der Waals surface area contributed by atoms with Crippen molar-refractivity contribution >= 4 is 11.6 Å². The average Bonchev–Trinajstić information content (AvgIpc) is 2.43. The second-order valence-corrected chi connectivity index (χ2v) is 5.67. The Morgan fingerprint density at radius 3 is 2.52 bits per heavy atom. The largest absolute Gasteiger partial charge is 0.389 e. The topological polar surface area (TPSA) is 64.9 Å². The molecule has 0 unspecified atom stereocenters. The van der Waals surface area contributed by atoms with Gasteiger partial charge in [-0.1, -0.05) is 45.9 Å². The molecule has 0 atom stereocenters. The maximum absolute atomic E-state index is 12.2. The fourth-order valence-corrected chi connectivity index (χ4v) is 1.85. The molecule has 4 heteroatoms. The number of hydrogen-bond donors (Lipinski definition) is 2. The summed E-state index contributed by atoms with van der Waals surface area (Å²) >= 11 is 0. The van der Waals surface area contributed by atoms with Crippen molar-refractivity contribution in [1.29, 1.82) is 5.26 Å². The molecule has 0 aliphatic carbocycles. The Labute approximate surface area is 126 Å². The monoisotopic (exact) mass is 285 g/mol. The number of nitrogens with one attached hydrogen (secondary N) is 2. The summed E-state index contributed by atoms with van der Waals surface area (Å²) in [5.74, 6) is 0.364. The summed E-state index contributed by atoms with van der Waals surface area (Å²) in [4.78, 5) is 12.2. The first kappa shape index (κ1) is 16.8. The molecule has 0 bridgehead atoms. The van der Waals surface area contributed by atoms with Crippen LogP contribution in [0.1, 0.15) is 39.2 Å². The van der Waals surface area contributed by atoms with Crippen LogP contribution in [-0.4, -0.2) is 12.5 Å². The predicted octanol–water partition coefficient (Wildman–Crippen LogP) is 3.40. The number of benzene rings is 1. The van der Waals surface area contributed by atoms with E-state index in [2.05, 4.69) is 38.3 Å². The van der Waals surface area contributed by atoms with Gasteiger partial charge in [0, 0.05) is 18.4 Å². The number of nitriles is 1. The molecule has 4 nitrogen and oxygen atoms in total. The van der Waals surface area contributed by atoms with Crippen LogP contribution >= 0.6 is 0 Å². The van der Waals surface area contributed by atoms with Gasteiger partial charge in [0.15, 0.2) is 0 Å². The van der Waals surface area contributed by atoms with Crippen LogP contribution in [0.5, 0.6) is 0 Å². The Hall–Kier alpha value is -2.28. The Balaban J connectivity index is 2.82. The summed E-state index contributed by atoms with van der Waals surface area (Å²) in [7, 11) is 0. The Kier molecular flexibility index (Phi) is 6.48. The van der Waals surface area contributed by atoms with Crippen LogP contribution in [0, 0.1) is 17.2 Å². The van der Waals surface area contributed by atoms with E-state index in [0.717, 1.165) is 17.8 Å². The highest BCUT2D eigenvalue weighted by Gasteiger charge is 2.12. The molecule has 1 aromatic carbocycles. The first-order valence-electron chi connectivity index (χ1n) is 7.19. The zero-order valence-electron chi connectivity index (χ0n) is 13.1. The molecule has 0 aliphatic heterocycles. The summed E-state index contributed by atoms with van der Waals surface area (Å²) in [5, 5.41) is 14.9. The molecular weight excluding hydrogens is 262 g/mol. The lowest BCUT2D eigenvalue weighted by Gasteiger charge is -2.13. The Morgan fingerprint density at radius 1 is 1.29 bits per heavy atom. The molecule has 0 saturated heterocycles. The normalized spacial score (nSPS) is 11.4. The van der Waals surface area contributed by atoms with E-state index in [-0.39, 0.29) is 11.5 Å². The molecule has 1 aromatic rings. The fourth-order valence-electron chi connectivity index (χ4n) is 1.85. The summed E-state index contributed by atoms with van der Waals surface area (Å²) in [6, 6.07) is 9.57. The number of nitrogens with zero attached hydrogens (tertiary/aromatic N) is 1. The third-order valence-corrected chi connectivity index (χ3v) is 2.97. The van der Waals surface area contributed by atoms with Crippen molar-refractivity contribution in [2.75, 3.05) is 11.9 Å². The molecule has 1 rings (SSSR count). The number of carbonyl (C=O) groups excluding carboxylic acids is 1. The molecule has 0 radical (unpaired) electrons. The maximum atomic E-state index is 12.2. The smallest absolute Gasteiger partial charge is 0.267 e. The molecule has 112 valence electrons. The summed E-state index contributed by atoms with van der Waals surface area (Å²) in [6.45, 7) is 8.98. The van der Waals surface area contributed by atoms with Gasteiger partial charge in [-0.2, -0.15) is 5.26 Å². The minimum absolute atomic E-state index is 0.0780. The molecule has 21 heavy (non-hydrogen) atoms. The van der Waals surface area contributed by atoms with Crippen molar-refractivity contribution in [3.05, 3.63) is 41.6 Å². The van der Waals surface area contributed by atoms with Crippen LogP contribution in [0.25, 0.3) is 0 Å². The van der Waals surface area contributed by atoms with Crippen LogP contribution in [-0.2, 0) is 4.79 Å². The highest BCUT2D eigenvalue weighted by Crippen LogP contribution is 2.23. The number of anilines is 1. The summed E-state index contributed by atoms with van der Waals surface area (Å²) in [6.07, 6.45) is 1.48. The van der Waals surface area contributed by atoms with Gasteiger partial charge in [-0.05, 0) is 23.5 Å². The number of rotatable bonds is 6. The van der Waals surface area contributed by atoms with E-state index in [0.29, 0.717) is 11.8 Å². The maximum Gasteiger partial charge on any atom is 0.267 e. The molecular formula is C17H23N3O. The first-order chi connectivity index (χ1) is 9.95. The molecule has 0 aromatic heterocycles. The highest BCUT2D eigenvalue weighted by atomic mass is 16.1. The minimum atomic E-state index is -0.387. The quantitative estimate of drug-likeness (QED) is 0.622. The first-order valence-corrected chi connectivity index (χ1v) is 7.19. The van der Waals surface area contributed by atoms with Gasteiger partial charge in [0.2, 0.25) is 0 Å². The Bertz CT molecular complexity index is 553. The van der Waals surface area contributed by atoms with Crippen LogP contribution in [0.2, 0.25) is 0 Å². The van der Waals surface area contributed by atoms with E-state index in [9.17, 15) is 4.79 Å². The van der Waals surface area contributed by atoms with Crippen molar-refractivity contribution in [2.45, 2.75) is 33.6 Å². The van der Waals surface area contributed by atoms with Crippen LogP contribution in [0.3, 0.4) is 0 Å². The van der Waals surface area contributed by atoms with E-state index >= 15 is 0 Å². The summed E-state index contributed by atoms with van der Waals surface area (Å²) in [5.41, 5.74) is 1.88. The lowest BCUT2D eigenvalue weighted by Crippen LogP contribution is -2.19. The molecule has 0 fully saturated rings. The lowest BCUT2D eigenvalue weighted by atomic mass is 10.0. The zero-order chi connectivity index (χ0) is 15.8. The second kappa shape index (κ2) is 8.11. The second-order valence-electron chi connectivity index (χ2n) is 5.67. The van der Waals surface area contributed by atoms with Crippen LogP contribution in [0.4, 0.5) is 5.69 Å². The molecule has 0 aliphatic rings. The molecule has 0 saturated carbocycles. The van der Waals surface area contributed by atoms with Gasteiger partial charge in [-0.25, -0.2) is 0 Å². The van der Waals surface area contributed by atoms with Crippen molar-refractivity contribution < 1.29 is 4.79 Å². The fraction of sp³-hybridized carbons (Fsp3) is 0.412. The Morgan fingerprint density at radius 2 is 1.95 bits per heavy atom. The van der Waals surface area contributed by atoms with Crippen molar-refractivity contribution in [3.8, 4) is 6.07 Å². The van der Waals surface area contributed by atoms with Gasteiger partial charge < -0.3 is 10.6 Å². The SMILES string of the molecule is CC(C)CN/C=C(/C#N)C(=O)Nc1ccccc1C(C)C. The standard InChI is InChI=1S/C17H23N3O/c1-12(2)10-19-11-14(9-18)17(21)20-16-8-6-5-7-15(16)13(3)4/h5-8,11-13,19H,10H2,1-4H3,(H,20,21)/b14-11-. The van der Waals surface area contributed by atoms with Crippen molar-refractivity contribution in [2.24, 2.45) is 5.92 Å². The predicted molar refractivity (Wildman–Crippen MR) is 85.7 cm³/mol. The van der Waals surface area contributed by atoms with Crippen molar-refractivity contribution in [3.63, 3.8) is 0 Å². The van der Waals surface area contributed by atoms with Gasteiger partial charge in [-0.3, -0.25) is 4.79 Å². The average molecular weight is 285 g/mol. The van der Waals surface area contributed by atoms with Crippen LogP contribution < -0.4 is 10.6 Å². The van der Waals surface area contributed by atoms with E-state index in [4.69, 9.17) is 5.26 Å². The van der Waals surface area contributed by atoms with E-state index in [1.54, 1.807) is 0 Å². The molecule has 1 amide bonds. The number of carbonyl (C=O) groups is 1. The summed E-state index contributed by atoms with van der Waals surface area (Å²) < 4.78 is 0. The van der Waals surface area contributed by atoms with E-state index in [1.807, 2.05) is 30.3 Å². The third-order valence-electron chi connectivity index (χ3n) is 2.97. The zero-order valence-corrected chi connectivity index (χ0v) is 13.1. The molecule has 0 heterocycles. The van der Waals surface area contributed by atoms with Gasteiger partial charge in [0.05, 0.1) is 0 Å². The highest BCUT2D eigenvalue weighted by molar-refractivity contribution is 6.06. The lowest BCUT2D eigenvalue weighted by molar-refractivity contribution is -0.112. The van der Waals surface area contributed by atoms with Crippen LogP contribution in [0.15, 0.2) is 36.0 Å². The minimum Gasteiger partial charge on any atom is -0.389 e. The van der Waals surface area contributed by atoms with E-state index in [1.165, 1.54) is 6.20 Å². The molecule has 2 N–H and O–H groups in total. The van der Waals surface area contributed by atoms with Gasteiger partial charge in [0.25, 0.3) is 5.91 Å². The van der Waals surface area contributed by atoms with E-state index < -0.39 is 0 Å². The number of amides is 1. The molecule has 0 spiro atoms. The number of hydrogen-bond acceptors (Lipinski definition) is 3. The number of para-hydroxylation sites is 1. The van der Waals surface area contributed by atoms with Gasteiger partial charge in [0.1, 0.15) is 11.6 Å². The van der Waals surface area contributed by atoms with Gasteiger partial charge >= 0.3 is 0 Å². The van der Waals surface area contributed by atoms with Gasteiger partial charge in [-0.15, -0.1) is 0 Å². The van der Waals surface area contributed by atoms with Crippen molar-refractivity contribution in [1.82, 2.24) is 5.32 Å².